The van der Waals surface area contributed by atoms with Crippen molar-refractivity contribution in [2.24, 2.45) is 11.8 Å². The Balaban J connectivity index is 2.10. The minimum absolute atomic E-state index is 0.0807. The van der Waals surface area contributed by atoms with E-state index in [0.717, 1.165) is 0 Å². The largest absolute Gasteiger partial charge is 0.466 e. The minimum atomic E-state index is -0.538. The van der Waals surface area contributed by atoms with Gasteiger partial charge in [0.2, 0.25) is 0 Å². The molecule has 5 atom stereocenters. The first kappa shape index (κ1) is 13.3. The van der Waals surface area contributed by atoms with E-state index in [-0.39, 0.29) is 36.0 Å². The van der Waals surface area contributed by atoms with Crippen molar-refractivity contribution < 1.29 is 23.8 Å². The highest BCUT2D eigenvalue weighted by Crippen LogP contribution is 2.54. The summed E-state index contributed by atoms with van der Waals surface area (Å²) in [7, 11) is 0. The van der Waals surface area contributed by atoms with Crippen molar-refractivity contribution in [2.75, 3.05) is 6.61 Å². The molecule has 1 aliphatic heterocycles. The third-order valence-corrected chi connectivity index (χ3v) is 3.87. The third kappa shape index (κ3) is 2.11. The lowest BCUT2D eigenvalue weighted by atomic mass is 9.72. The quantitative estimate of drug-likeness (QED) is 0.562. The van der Waals surface area contributed by atoms with Crippen LogP contribution < -0.4 is 0 Å². The average molecular weight is 256 g/mol. The number of hydrogen-bond acceptors (Lipinski definition) is 5. The molecule has 102 valence electrons. The highest BCUT2D eigenvalue weighted by Gasteiger charge is 2.68. The number of epoxide rings is 1. The van der Waals surface area contributed by atoms with Crippen LogP contribution in [0.25, 0.3) is 0 Å². The van der Waals surface area contributed by atoms with Crippen LogP contribution in [0.4, 0.5) is 0 Å². The number of esters is 2. The molecule has 0 aromatic rings. The summed E-state index contributed by atoms with van der Waals surface area (Å²) in [5.41, 5.74) is -0.538. The van der Waals surface area contributed by atoms with Gasteiger partial charge < -0.3 is 14.2 Å². The Morgan fingerprint density at radius 1 is 1.44 bits per heavy atom. The fourth-order valence-electron chi connectivity index (χ4n) is 3.15. The van der Waals surface area contributed by atoms with Gasteiger partial charge in [0.15, 0.2) is 0 Å². The first-order chi connectivity index (χ1) is 8.40. The molecule has 0 bridgehead atoms. The summed E-state index contributed by atoms with van der Waals surface area (Å²) in [6.45, 7) is 7.42. The van der Waals surface area contributed by atoms with E-state index >= 15 is 0 Å². The van der Waals surface area contributed by atoms with E-state index in [0.29, 0.717) is 13.0 Å². The molecule has 0 unspecified atom stereocenters. The maximum absolute atomic E-state index is 12.0. The Kier molecular flexibility index (Phi) is 3.36. The van der Waals surface area contributed by atoms with E-state index in [1.807, 2.05) is 13.8 Å². The summed E-state index contributed by atoms with van der Waals surface area (Å²) in [6, 6.07) is 0. The molecular weight excluding hydrogens is 236 g/mol. The van der Waals surface area contributed by atoms with Crippen LogP contribution in [0.2, 0.25) is 0 Å². The van der Waals surface area contributed by atoms with Crippen molar-refractivity contribution >= 4 is 11.9 Å². The van der Waals surface area contributed by atoms with Crippen molar-refractivity contribution in [2.45, 2.75) is 51.9 Å². The topological polar surface area (TPSA) is 65.1 Å². The monoisotopic (exact) mass is 256 g/mol. The van der Waals surface area contributed by atoms with E-state index in [2.05, 4.69) is 0 Å². The number of rotatable bonds is 3. The molecule has 2 fully saturated rings. The van der Waals surface area contributed by atoms with Gasteiger partial charge in [-0.15, -0.1) is 0 Å². The SMILES string of the molecule is CCOC(=O)[C@H]1[C@@H](C)C[C@@H](OC(C)=O)[C@@H]2O[C@@]21C. The van der Waals surface area contributed by atoms with Crippen molar-refractivity contribution in [3.05, 3.63) is 0 Å². The molecule has 0 N–H and O–H groups in total. The summed E-state index contributed by atoms with van der Waals surface area (Å²) < 4.78 is 16.0. The molecule has 0 aromatic heterocycles. The second-order valence-electron chi connectivity index (χ2n) is 5.31. The highest BCUT2D eigenvalue weighted by atomic mass is 16.6. The molecule has 0 aromatic carbocycles. The molecule has 18 heavy (non-hydrogen) atoms. The third-order valence-electron chi connectivity index (χ3n) is 3.87. The van der Waals surface area contributed by atoms with Crippen LogP contribution in [-0.2, 0) is 23.8 Å². The van der Waals surface area contributed by atoms with Gasteiger partial charge in [-0.25, -0.2) is 0 Å². The molecule has 1 heterocycles. The van der Waals surface area contributed by atoms with Gasteiger partial charge in [-0.3, -0.25) is 9.59 Å². The van der Waals surface area contributed by atoms with Crippen molar-refractivity contribution in [1.82, 2.24) is 0 Å². The van der Waals surface area contributed by atoms with Crippen LogP contribution in [0.5, 0.6) is 0 Å². The van der Waals surface area contributed by atoms with Gasteiger partial charge >= 0.3 is 11.9 Å². The summed E-state index contributed by atoms with van der Waals surface area (Å²) >= 11 is 0. The van der Waals surface area contributed by atoms with E-state index in [4.69, 9.17) is 14.2 Å². The standard InChI is InChI=1S/C13H20O5/c1-5-16-12(15)10-7(2)6-9(17-8(3)14)11-13(10,4)18-11/h7,9-11H,5-6H2,1-4H3/t7-,9+,10+,11-,13+/m0/s1. The first-order valence-electron chi connectivity index (χ1n) is 6.41. The highest BCUT2D eigenvalue weighted by molar-refractivity contribution is 5.75. The van der Waals surface area contributed by atoms with Crippen LogP contribution in [0, 0.1) is 11.8 Å². The molecule has 1 aliphatic carbocycles. The lowest BCUT2D eigenvalue weighted by Crippen LogP contribution is -2.46. The molecule has 0 spiro atoms. The molecule has 1 saturated heterocycles. The predicted octanol–water partition coefficient (Wildman–Crippen LogP) is 1.29. The summed E-state index contributed by atoms with van der Waals surface area (Å²) in [5.74, 6) is -0.706. The van der Waals surface area contributed by atoms with Crippen LogP contribution >= 0.6 is 0 Å². The van der Waals surface area contributed by atoms with Crippen LogP contribution in [0.3, 0.4) is 0 Å². The van der Waals surface area contributed by atoms with Gasteiger partial charge in [-0.05, 0) is 26.2 Å². The molecule has 1 saturated carbocycles. The molecule has 0 radical (unpaired) electrons. The maximum Gasteiger partial charge on any atom is 0.312 e. The average Bonchev–Trinajstić information content (AvgIpc) is 2.90. The zero-order valence-corrected chi connectivity index (χ0v) is 11.3. The van der Waals surface area contributed by atoms with Gasteiger partial charge in [0.1, 0.15) is 17.8 Å². The fourth-order valence-corrected chi connectivity index (χ4v) is 3.15. The number of ether oxygens (including phenoxy) is 3. The van der Waals surface area contributed by atoms with E-state index in [1.54, 1.807) is 6.92 Å². The lowest BCUT2D eigenvalue weighted by Gasteiger charge is -2.33. The van der Waals surface area contributed by atoms with Gasteiger partial charge in [-0.2, -0.15) is 0 Å². The zero-order chi connectivity index (χ0) is 13.5. The normalized spacial score (nSPS) is 41.8. The van der Waals surface area contributed by atoms with Crippen molar-refractivity contribution in [3.63, 3.8) is 0 Å². The number of fused-ring (bicyclic) bond motifs is 1. The van der Waals surface area contributed by atoms with Gasteiger partial charge in [0.05, 0.1) is 12.5 Å². The molecule has 2 aliphatic rings. The van der Waals surface area contributed by atoms with Crippen LogP contribution in [0.15, 0.2) is 0 Å². The fraction of sp³-hybridized carbons (Fsp3) is 0.846. The second kappa shape index (κ2) is 4.53. The van der Waals surface area contributed by atoms with Crippen LogP contribution in [0.1, 0.15) is 34.1 Å². The van der Waals surface area contributed by atoms with Crippen molar-refractivity contribution in [1.29, 1.82) is 0 Å². The smallest absolute Gasteiger partial charge is 0.312 e. The lowest BCUT2D eigenvalue weighted by molar-refractivity contribution is -0.155. The van der Waals surface area contributed by atoms with E-state index in [1.165, 1.54) is 6.92 Å². The van der Waals surface area contributed by atoms with Crippen molar-refractivity contribution in [3.8, 4) is 0 Å². The van der Waals surface area contributed by atoms with Gasteiger partial charge in [-0.1, -0.05) is 6.92 Å². The van der Waals surface area contributed by atoms with E-state index in [9.17, 15) is 9.59 Å². The summed E-state index contributed by atoms with van der Waals surface area (Å²) in [4.78, 5) is 23.0. The van der Waals surface area contributed by atoms with Gasteiger partial charge in [0.25, 0.3) is 0 Å². The predicted molar refractivity (Wildman–Crippen MR) is 62.7 cm³/mol. The Morgan fingerprint density at radius 2 is 2.11 bits per heavy atom. The number of carbonyl (C=O) groups excluding carboxylic acids is 2. The number of hydrogen-bond donors (Lipinski definition) is 0. The molecular formula is C13H20O5. The van der Waals surface area contributed by atoms with Gasteiger partial charge in [0, 0.05) is 6.92 Å². The Hall–Kier alpha value is -1.10. The minimum Gasteiger partial charge on any atom is -0.466 e. The second-order valence-corrected chi connectivity index (χ2v) is 5.31. The molecule has 2 rings (SSSR count). The van der Waals surface area contributed by atoms with Crippen LogP contribution in [-0.4, -0.2) is 36.4 Å². The summed E-state index contributed by atoms with van der Waals surface area (Å²) in [6.07, 6.45) is 0.226. The molecule has 0 amide bonds. The van der Waals surface area contributed by atoms with E-state index < -0.39 is 5.60 Å². The first-order valence-corrected chi connectivity index (χ1v) is 6.41. The maximum atomic E-state index is 12.0. The summed E-state index contributed by atoms with van der Waals surface area (Å²) in [5, 5.41) is 0. The molecule has 5 heteroatoms. The Labute approximate surface area is 107 Å². The Bertz CT molecular complexity index is 366. The number of carbonyl (C=O) groups is 2. The zero-order valence-electron chi connectivity index (χ0n) is 11.3. The Morgan fingerprint density at radius 3 is 2.67 bits per heavy atom. The molecule has 5 nitrogen and oxygen atoms in total.